The van der Waals surface area contributed by atoms with Crippen molar-refractivity contribution in [2.45, 2.75) is 25.8 Å². The first-order chi connectivity index (χ1) is 7.72. The fraction of sp³-hybridized carbons (Fsp3) is 0.538. The number of hydrogen-bond donors (Lipinski definition) is 2. The zero-order valence-corrected chi connectivity index (χ0v) is 9.78. The zero-order valence-electron chi connectivity index (χ0n) is 9.78. The molecular formula is C13H20N2O. The van der Waals surface area contributed by atoms with Crippen LogP contribution in [0.2, 0.25) is 0 Å². The van der Waals surface area contributed by atoms with Gasteiger partial charge in [-0.1, -0.05) is 19.1 Å². The van der Waals surface area contributed by atoms with Crippen molar-refractivity contribution in [3.05, 3.63) is 29.3 Å². The molecule has 0 radical (unpaired) electrons. The first kappa shape index (κ1) is 11.4. The van der Waals surface area contributed by atoms with Gasteiger partial charge in [0.2, 0.25) is 0 Å². The van der Waals surface area contributed by atoms with Crippen LogP contribution < -0.4 is 16.2 Å². The standard InChI is InChI=1S/C13H20N2O/c1-9(4-6-14)13(15)11-2-3-12-10(8-11)5-7-16-12/h2-3,8-9,13H,4-7,14-15H2,1H3. The van der Waals surface area contributed by atoms with Crippen molar-refractivity contribution in [3.63, 3.8) is 0 Å². The third kappa shape index (κ3) is 2.20. The van der Waals surface area contributed by atoms with E-state index in [1.807, 2.05) is 6.07 Å². The molecule has 0 aromatic heterocycles. The average Bonchev–Trinajstić information content (AvgIpc) is 2.75. The summed E-state index contributed by atoms with van der Waals surface area (Å²) in [6, 6.07) is 6.36. The number of hydrogen-bond acceptors (Lipinski definition) is 3. The van der Waals surface area contributed by atoms with E-state index in [1.165, 1.54) is 11.1 Å². The van der Waals surface area contributed by atoms with Crippen LogP contribution in [0.3, 0.4) is 0 Å². The van der Waals surface area contributed by atoms with E-state index in [9.17, 15) is 0 Å². The molecule has 0 spiro atoms. The second kappa shape index (κ2) is 4.85. The fourth-order valence-electron chi connectivity index (χ4n) is 2.18. The predicted molar refractivity (Wildman–Crippen MR) is 65.4 cm³/mol. The minimum atomic E-state index is 0.0782. The highest BCUT2D eigenvalue weighted by Crippen LogP contribution is 2.30. The summed E-state index contributed by atoms with van der Waals surface area (Å²) in [6.45, 7) is 3.65. The molecule has 0 aliphatic carbocycles. The van der Waals surface area contributed by atoms with E-state index in [1.54, 1.807) is 0 Å². The maximum atomic E-state index is 6.22. The normalized spacial score (nSPS) is 17.7. The number of fused-ring (bicyclic) bond motifs is 1. The predicted octanol–water partition coefficient (Wildman–Crippen LogP) is 1.61. The summed E-state index contributed by atoms with van der Waals surface area (Å²) >= 11 is 0. The molecule has 1 heterocycles. The number of benzene rings is 1. The Hall–Kier alpha value is -1.06. The maximum Gasteiger partial charge on any atom is 0.122 e. The Bertz CT molecular complexity index is 365. The van der Waals surface area contributed by atoms with E-state index in [-0.39, 0.29) is 6.04 Å². The first-order valence-corrected chi connectivity index (χ1v) is 5.93. The number of ether oxygens (including phenoxy) is 1. The molecule has 1 aliphatic heterocycles. The summed E-state index contributed by atoms with van der Waals surface area (Å²) in [6.07, 6.45) is 1.97. The van der Waals surface area contributed by atoms with E-state index in [0.717, 1.165) is 25.2 Å². The highest BCUT2D eigenvalue weighted by Gasteiger charge is 2.18. The van der Waals surface area contributed by atoms with E-state index in [2.05, 4.69) is 19.1 Å². The average molecular weight is 220 g/mol. The summed E-state index contributed by atoms with van der Waals surface area (Å²) in [5, 5.41) is 0. The van der Waals surface area contributed by atoms with E-state index < -0.39 is 0 Å². The lowest BCUT2D eigenvalue weighted by molar-refractivity contribution is 0.356. The van der Waals surface area contributed by atoms with Crippen molar-refractivity contribution >= 4 is 0 Å². The Morgan fingerprint density at radius 1 is 1.44 bits per heavy atom. The van der Waals surface area contributed by atoms with Crippen LogP contribution in [0.4, 0.5) is 0 Å². The number of rotatable bonds is 4. The van der Waals surface area contributed by atoms with Crippen LogP contribution in [0.25, 0.3) is 0 Å². The van der Waals surface area contributed by atoms with Crippen molar-refractivity contribution in [3.8, 4) is 5.75 Å². The van der Waals surface area contributed by atoms with Gasteiger partial charge in [-0.3, -0.25) is 0 Å². The fourth-order valence-corrected chi connectivity index (χ4v) is 2.18. The van der Waals surface area contributed by atoms with Gasteiger partial charge in [-0.15, -0.1) is 0 Å². The molecule has 3 heteroatoms. The third-order valence-electron chi connectivity index (χ3n) is 3.33. The zero-order chi connectivity index (χ0) is 11.5. The molecule has 0 saturated heterocycles. The smallest absolute Gasteiger partial charge is 0.122 e. The summed E-state index contributed by atoms with van der Waals surface area (Å²) in [7, 11) is 0. The number of nitrogens with two attached hydrogens (primary N) is 2. The van der Waals surface area contributed by atoms with Gasteiger partial charge in [-0.25, -0.2) is 0 Å². The van der Waals surface area contributed by atoms with Crippen LogP contribution in [0.15, 0.2) is 18.2 Å². The third-order valence-corrected chi connectivity index (χ3v) is 3.33. The van der Waals surface area contributed by atoms with Crippen molar-refractivity contribution in [1.82, 2.24) is 0 Å². The van der Waals surface area contributed by atoms with Crippen LogP contribution in [-0.4, -0.2) is 13.2 Å². The molecule has 3 nitrogen and oxygen atoms in total. The molecule has 1 aromatic rings. The van der Waals surface area contributed by atoms with Gasteiger partial charge in [-0.05, 0) is 36.1 Å². The molecule has 16 heavy (non-hydrogen) atoms. The van der Waals surface area contributed by atoms with Gasteiger partial charge >= 0.3 is 0 Å². The van der Waals surface area contributed by atoms with Gasteiger partial charge in [0, 0.05) is 12.5 Å². The summed E-state index contributed by atoms with van der Waals surface area (Å²) in [5.41, 5.74) is 14.3. The molecule has 0 amide bonds. The molecule has 1 aromatic carbocycles. The largest absolute Gasteiger partial charge is 0.493 e. The molecule has 0 saturated carbocycles. The molecule has 88 valence electrons. The van der Waals surface area contributed by atoms with Crippen molar-refractivity contribution in [2.75, 3.05) is 13.2 Å². The van der Waals surface area contributed by atoms with Crippen LogP contribution in [0.1, 0.15) is 30.5 Å². The van der Waals surface area contributed by atoms with Gasteiger partial charge < -0.3 is 16.2 Å². The van der Waals surface area contributed by atoms with Gasteiger partial charge in [0.1, 0.15) is 5.75 Å². The van der Waals surface area contributed by atoms with Gasteiger partial charge in [0.05, 0.1) is 6.61 Å². The van der Waals surface area contributed by atoms with Gasteiger partial charge in [-0.2, -0.15) is 0 Å². The molecule has 4 N–H and O–H groups in total. The summed E-state index contributed by atoms with van der Waals surface area (Å²) < 4.78 is 5.48. The SMILES string of the molecule is CC(CCN)C(N)c1ccc2c(c1)CCO2. The van der Waals surface area contributed by atoms with E-state index in [0.29, 0.717) is 12.5 Å². The van der Waals surface area contributed by atoms with Crippen molar-refractivity contribution < 1.29 is 4.74 Å². The van der Waals surface area contributed by atoms with Crippen LogP contribution in [0, 0.1) is 5.92 Å². The van der Waals surface area contributed by atoms with E-state index in [4.69, 9.17) is 16.2 Å². The molecule has 2 rings (SSSR count). The van der Waals surface area contributed by atoms with Crippen LogP contribution >= 0.6 is 0 Å². The topological polar surface area (TPSA) is 61.3 Å². The summed E-state index contributed by atoms with van der Waals surface area (Å²) in [5.74, 6) is 1.44. The second-order valence-corrected chi connectivity index (χ2v) is 4.55. The minimum absolute atomic E-state index is 0.0782. The molecule has 2 unspecified atom stereocenters. The minimum Gasteiger partial charge on any atom is -0.493 e. The van der Waals surface area contributed by atoms with Crippen molar-refractivity contribution in [1.29, 1.82) is 0 Å². The van der Waals surface area contributed by atoms with E-state index >= 15 is 0 Å². The first-order valence-electron chi connectivity index (χ1n) is 5.93. The Balaban J connectivity index is 2.14. The molecule has 0 fully saturated rings. The van der Waals surface area contributed by atoms with Crippen LogP contribution in [-0.2, 0) is 6.42 Å². The highest BCUT2D eigenvalue weighted by molar-refractivity contribution is 5.40. The Morgan fingerprint density at radius 3 is 3.00 bits per heavy atom. The summed E-state index contributed by atoms with van der Waals surface area (Å²) in [4.78, 5) is 0. The Morgan fingerprint density at radius 2 is 2.25 bits per heavy atom. The maximum absolute atomic E-state index is 6.22. The Labute approximate surface area is 96.8 Å². The Kier molecular flexibility index (Phi) is 3.46. The van der Waals surface area contributed by atoms with Gasteiger partial charge in [0.25, 0.3) is 0 Å². The van der Waals surface area contributed by atoms with Gasteiger partial charge in [0.15, 0.2) is 0 Å². The van der Waals surface area contributed by atoms with Crippen LogP contribution in [0.5, 0.6) is 5.75 Å². The molecule has 0 bridgehead atoms. The highest BCUT2D eigenvalue weighted by atomic mass is 16.5. The lowest BCUT2D eigenvalue weighted by Gasteiger charge is -2.20. The quantitative estimate of drug-likeness (QED) is 0.810. The molecule has 2 atom stereocenters. The molecule has 1 aliphatic rings. The monoisotopic (exact) mass is 220 g/mol. The lowest BCUT2D eigenvalue weighted by Crippen LogP contribution is -2.21. The van der Waals surface area contributed by atoms with Crippen molar-refractivity contribution in [2.24, 2.45) is 17.4 Å². The second-order valence-electron chi connectivity index (χ2n) is 4.55. The molecular weight excluding hydrogens is 200 g/mol. The lowest BCUT2D eigenvalue weighted by atomic mass is 9.91.